The number of sulfonamides is 1. The zero-order valence-corrected chi connectivity index (χ0v) is 14.0. The van der Waals surface area contributed by atoms with E-state index in [9.17, 15) is 8.42 Å². The van der Waals surface area contributed by atoms with Gasteiger partial charge in [0.25, 0.3) is 0 Å². The Hall–Kier alpha value is -1.22. The molecule has 0 bridgehead atoms. The monoisotopic (exact) mass is 328 g/mol. The molecule has 0 radical (unpaired) electrons. The van der Waals surface area contributed by atoms with Crippen LogP contribution in [0.1, 0.15) is 23.1 Å². The zero-order chi connectivity index (χ0) is 15.5. The first-order valence-corrected chi connectivity index (χ1v) is 9.06. The molecule has 8 heteroatoms. The number of hydrogen-bond donors (Lipinski definition) is 2. The Kier molecular flexibility index (Phi) is 5.15. The first-order chi connectivity index (χ1) is 9.94. The van der Waals surface area contributed by atoms with Gasteiger partial charge in [-0.15, -0.1) is 11.3 Å². The van der Waals surface area contributed by atoms with E-state index in [0.717, 1.165) is 17.0 Å². The second kappa shape index (κ2) is 6.69. The molecule has 0 unspecified atom stereocenters. The van der Waals surface area contributed by atoms with E-state index in [4.69, 9.17) is 0 Å². The third-order valence-electron chi connectivity index (χ3n) is 3.01. The average Bonchev–Trinajstić information content (AvgIpc) is 3.00. The largest absolute Gasteiger partial charge is 0.312 e. The second-order valence-electron chi connectivity index (χ2n) is 4.76. The number of rotatable bonds is 7. The van der Waals surface area contributed by atoms with Crippen LogP contribution in [0.25, 0.3) is 0 Å². The fraction of sp³-hybridized carbons (Fsp3) is 0.462. The molecule has 0 aliphatic heterocycles. The summed E-state index contributed by atoms with van der Waals surface area (Å²) in [7, 11) is -1.73. The van der Waals surface area contributed by atoms with Crippen molar-refractivity contribution in [3.63, 3.8) is 0 Å². The molecule has 2 aromatic heterocycles. The van der Waals surface area contributed by atoms with Gasteiger partial charge in [0, 0.05) is 24.7 Å². The highest BCUT2D eigenvalue weighted by Crippen LogP contribution is 2.26. The highest BCUT2D eigenvalue weighted by Gasteiger charge is 2.22. The summed E-state index contributed by atoms with van der Waals surface area (Å²) in [6.07, 6.45) is 1.79. The van der Waals surface area contributed by atoms with Crippen LogP contribution in [0.3, 0.4) is 0 Å². The van der Waals surface area contributed by atoms with Gasteiger partial charge in [-0.3, -0.25) is 4.68 Å². The lowest BCUT2D eigenvalue weighted by atomic mass is 10.3. The molecule has 0 saturated heterocycles. The van der Waals surface area contributed by atoms with Gasteiger partial charge in [0.15, 0.2) is 0 Å². The van der Waals surface area contributed by atoms with E-state index >= 15 is 0 Å². The van der Waals surface area contributed by atoms with E-state index in [1.165, 1.54) is 11.3 Å². The zero-order valence-electron chi connectivity index (χ0n) is 12.4. The Bertz CT molecular complexity index is 704. The number of nitrogens with one attached hydrogen (secondary N) is 2. The summed E-state index contributed by atoms with van der Waals surface area (Å²) < 4.78 is 29.3. The molecule has 0 atom stereocenters. The molecule has 0 aromatic carbocycles. The minimum Gasteiger partial charge on any atom is -0.312 e. The SMILES string of the molecule is CCNCc1scc(C)c1S(=O)(=O)NCc1ccn(C)n1. The van der Waals surface area contributed by atoms with E-state index in [0.29, 0.717) is 17.1 Å². The molecule has 0 fully saturated rings. The molecule has 6 nitrogen and oxygen atoms in total. The van der Waals surface area contributed by atoms with Crippen molar-refractivity contribution in [2.24, 2.45) is 7.05 Å². The minimum atomic E-state index is -3.53. The molecule has 2 rings (SSSR count). The van der Waals surface area contributed by atoms with Crippen LogP contribution in [0.15, 0.2) is 22.5 Å². The molecular weight excluding hydrogens is 308 g/mol. The van der Waals surface area contributed by atoms with E-state index < -0.39 is 10.0 Å². The summed E-state index contributed by atoms with van der Waals surface area (Å²) in [5, 5.41) is 9.22. The maximum absolute atomic E-state index is 12.5. The molecular formula is C13H20N4O2S2. The molecule has 0 aliphatic rings. The Morgan fingerprint density at radius 1 is 1.38 bits per heavy atom. The van der Waals surface area contributed by atoms with Crippen molar-refractivity contribution in [1.82, 2.24) is 19.8 Å². The number of aromatic nitrogens is 2. The number of nitrogens with zero attached hydrogens (tertiary/aromatic N) is 2. The summed E-state index contributed by atoms with van der Waals surface area (Å²) in [5.74, 6) is 0. The number of thiophene rings is 1. The van der Waals surface area contributed by atoms with Gasteiger partial charge in [-0.25, -0.2) is 13.1 Å². The molecule has 0 saturated carbocycles. The third kappa shape index (κ3) is 3.91. The molecule has 0 spiro atoms. The Morgan fingerprint density at radius 2 is 2.14 bits per heavy atom. The van der Waals surface area contributed by atoms with Crippen LogP contribution >= 0.6 is 11.3 Å². The lowest BCUT2D eigenvalue weighted by Crippen LogP contribution is -2.25. The fourth-order valence-electron chi connectivity index (χ4n) is 2.01. The molecule has 116 valence electrons. The predicted molar refractivity (Wildman–Crippen MR) is 83.7 cm³/mol. The van der Waals surface area contributed by atoms with Crippen LogP contribution in [-0.2, 0) is 30.2 Å². The molecule has 2 heterocycles. The van der Waals surface area contributed by atoms with Crippen LogP contribution in [0.4, 0.5) is 0 Å². The maximum atomic E-state index is 12.5. The summed E-state index contributed by atoms with van der Waals surface area (Å²) in [6, 6.07) is 1.79. The first-order valence-electron chi connectivity index (χ1n) is 6.70. The van der Waals surface area contributed by atoms with Gasteiger partial charge < -0.3 is 5.32 Å². The lowest BCUT2D eigenvalue weighted by Gasteiger charge is -2.08. The van der Waals surface area contributed by atoms with Crippen LogP contribution < -0.4 is 10.0 Å². The van der Waals surface area contributed by atoms with E-state index in [1.807, 2.05) is 19.2 Å². The fourth-order valence-corrected chi connectivity index (χ4v) is 4.78. The normalized spacial score (nSPS) is 12.0. The lowest BCUT2D eigenvalue weighted by molar-refractivity contribution is 0.577. The summed E-state index contributed by atoms with van der Waals surface area (Å²) in [4.78, 5) is 1.23. The molecule has 21 heavy (non-hydrogen) atoms. The summed E-state index contributed by atoms with van der Waals surface area (Å²) >= 11 is 1.47. The van der Waals surface area contributed by atoms with Gasteiger partial charge >= 0.3 is 0 Å². The molecule has 0 aliphatic carbocycles. The van der Waals surface area contributed by atoms with E-state index in [2.05, 4.69) is 15.1 Å². The maximum Gasteiger partial charge on any atom is 0.242 e. The number of hydrogen-bond acceptors (Lipinski definition) is 5. The Balaban J connectivity index is 2.17. The Morgan fingerprint density at radius 3 is 2.76 bits per heavy atom. The standard InChI is InChI=1S/C13H20N4O2S2/c1-4-14-8-12-13(10(2)9-20-12)21(18,19)15-7-11-5-6-17(3)16-11/h5-6,9,14-15H,4,7-8H2,1-3H3. The van der Waals surface area contributed by atoms with E-state index in [1.54, 1.807) is 24.0 Å². The van der Waals surface area contributed by atoms with Gasteiger partial charge in [-0.2, -0.15) is 5.10 Å². The topological polar surface area (TPSA) is 76.0 Å². The van der Waals surface area contributed by atoms with Crippen LogP contribution in [0.2, 0.25) is 0 Å². The van der Waals surface area contributed by atoms with E-state index in [-0.39, 0.29) is 6.54 Å². The molecule has 0 amide bonds. The smallest absolute Gasteiger partial charge is 0.242 e. The van der Waals surface area contributed by atoms with Crippen molar-refractivity contribution in [2.45, 2.75) is 31.8 Å². The van der Waals surface area contributed by atoms with Gasteiger partial charge in [-0.05, 0) is 30.5 Å². The third-order valence-corrected chi connectivity index (χ3v) is 5.87. The van der Waals surface area contributed by atoms with Crippen molar-refractivity contribution < 1.29 is 8.42 Å². The Labute approximate surface area is 129 Å². The number of aryl methyl sites for hydroxylation is 2. The van der Waals surface area contributed by atoms with Gasteiger partial charge in [0.05, 0.1) is 12.2 Å². The quantitative estimate of drug-likeness (QED) is 0.805. The van der Waals surface area contributed by atoms with Gasteiger partial charge in [0.1, 0.15) is 4.90 Å². The van der Waals surface area contributed by atoms with Crippen molar-refractivity contribution in [1.29, 1.82) is 0 Å². The van der Waals surface area contributed by atoms with Crippen LogP contribution in [0.5, 0.6) is 0 Å². The van der Waals surface area contributed by atoms with Crippen LogP contribution in [0, 0.1) is 6.92 Å². The van der Waals surface area contributed by atoms with Crippen LogP contribution in [-0.4, -0.2) is 24.7 Å². The highest BCUT2D eigenvalue weighted by atomic mass is 32.2. The predicted octanol–water partition coefficient (Wildman–Crippen LogP) is 1.38. The average molecular weight is 328 g/mol. The van der Waals surface area contributed by atoms with Crippen molar-refractivity contribution in [3.05, 3.63) is 33.8 Å². The summed E-state index contributed by atoms with van der Waals surface area (Å²) in [6.45, 7) is 5.38. The van der Waals surface area contributed by atoms with Gasteiger partial charge in [0.2, 0.25) is 10.0 Å². The van der Waals surface area contributed by atoms with Crippen molar-refractivity contribution >= 4 is 21.4 Å². The highest BCUT2D eigenvalue weighted by molar-refractivity contribution is 7.89. The summed E-state index contributed by atoms with van der Waals surface area (Å²) in [5.41, 5.74) is 1.48. The van der Waals surface area contributed by atoms with Gasteiger partial charge in [-0.1, -0.05) is 6.92 Å². The van der Waals surface area contributed by atoms with Crippen molar-refractivity contribution in [2.75, 3.05) is 6.54 Å². The minimum absolute atomic E-state index is 0.194. The second-order valence-corrected chi connectivity index (χ2v) is 7.42. The van der Waals surface area contributed by atoms with Crippen molar-refractivity contribution in [3.8, 4) is 0 Å². The molecule has 2 aromatic rings. The first kappa shape index (κ1) is 16.2. The molecule has 2 N–H and O–H groups in total.